The molecule has 3 unspecified atom stereocenters. The average Bonchev–Trinajstić information content (AvgIpc) is 2.43. The monoisotopic (exact) mass is 315 g/mol. The maximum absolute atomic E-state index is 12.3. The van der Waals surface area contributed by atoms with Crippen LogP contribution in [0.1, 0.15) is 73.6 Å². The molecule has 0 heterocycles. The second-order valence-corrected chi connectivity index (χ2v) is 7.05. The molecule has 4 heteroatoms. The molecule has 0 saturated heterocycles. The highest BCUT2D eigenvalue weighted by Gasteiger charge is 2.26. The molecule has 0 aromatic rings. The fourth-order valence-electron chi connectivity index (χ4n) is 2.37. The van der Waals surface area contributed by atoms with Crippen LogP contribution in [0.4, 0.5) is 0 Å². The predicted molar refractivity (Wildman–Crippen MR) is 91.4 cm³/mol. The fraction of sp³-hybridized carbons (Fsp3) is 0.944. The SMILES string of the molecule is CCCCCC(C)OC(OC(=O)C(CN)CC(C)C)C(C)C. The molecule has 0 fully saturated rings. The van der Waals surface area contributed by atoms with E-state index in [1.54, 1.807) is 0 Å². The Morgan fingerprint density at radius 1 is 1.09 bits per heavy atom. The minimum atomic E-state index is -0.481. The van der Waals surface area contributed by atoms with Gasteiger partial charge in [-0.15, -0.1) is 0 Å². The molecule has 0 aliphatic heterocycles. The van der Waals surface area contributed by atoms with Crippen LogP contribution in [0.15, 0.2) is 0 Å². The largest absolute Gasteiger partial charge is 0.435 e. The van der Waals surface area contributed by atoms with Gasteiger partial charge in [0.15, 0.2) is 0 Å². The summed E-state index contributed by atoms with van der Waals surface area (Å²) in [6, 6.07) is 0. The number of hydrogen-bond acceptors (Lipinski definition) is 4. The van der Waals surface area contributed by atoms with Crippen molar-refractivity contribution in [2.75, 3.05) is 6.54 Å². The molecule has 0 aliphatic rings. The Morgan fingerprint density at radius 2 is 1.73 bits per heavy atom. The Balaban J connectivity index is 4.46. The van der Waals surface area contributed by atoms with Gasteiger partial charge in [0, 0.05) is 12.5 Å². The number of rotatable bonds is 12. The van der Waals surface area contributed by atoms with E-state index in [4.69, 9.17) is 15.2 Å². The van der Waals surface area contributed by atoms with E-state index in [1.165, 1.54) is 12.8 Å². The molecule has 0 spiro atoms. The van der Waals surface area contributed by atoms with E-state index in [9.17, 15) is 4.79 Å². The topological polar surface area (TPSA) is 61.5 Å². The molecule has 0 aliphatic carbocycles. The molecule has 132 valence electrons. The van der Waals surface area contributed by atoms with Gasteiger partial charge in [0.25, 0.3) is 0 Å². The summed E-state index contributed by atoms with van der Waals surface area (Å²) in [5, 5.41) is 0. The highest BCUT2D eigenvalue weighted by molar-refractivity contribution is 5.72. The van der Waals surface area contributed by atoms with Gasteiger partial charge in [0.1, 0.15) is 0 Å². The molecule has 0 aromatic carbocycles. The van der Waals surface area contributed by atoms with Crippen LogP contribution in [0.5, 0.6) is 0 Å². The number of ether oxygens (including phenoxy) is 2. The van der Waals surface area contributed by atoms with Gasteiger partial charge in [-0.25, -0.2) is 0 Å². The third-order valence-electron chi connectivity index (χ3n) is 3.73. The van der Waals surface area contributed by atoms with Gasteiger partial charge in [-0.05, 0) is 25.7 Å². The quantitative estimate of drug-likeness (QED) is 0.334. The minimum Gasteiger partial charge on any atom is -0.435 e. The van der Waals surface area contributed by atoms with Crippen molar-refractivity contribution in [2.24, 2.45) is 23.5 Å². The standard InChI is InChI=1S/C18H37NO3/c1-7-8-9-10-15(6)21-18(14(4)5)22-17(20)16(12-19)11-13(2)3/h13-16,18H,7-12,19H2,1-6H3. The summed E-state index contributed by atoms with van der Waals surface area (Å²) in [7, 11) is 0. The third-order valence-corrected chi connectivity index (χ3v) is 3.73. The maximum atomic E-state index is 12.3. The Hall–Kier alpha value is -0.610. The summed E-state index contributed by atoms with van der Waals surface area (Å²) in [5.41, 5.74) is 5.71. The predicted octanol–water partition coefficient (Wildman–Crippen LogP) is 4.12. The van der Waals surface area contributed by atoms with Crippen molar-refractivity contribution >= 4 is 5.97 Å². The van der Waals surface area contributed by atoms with Crippen molar-refractivity contribution in [2.45, 2.75) is 86.0 Å². The van der Waals surface area contributed by atoms with E-state index in [2.05, 4.69) is 20.8 Å². The molecule has 22 heavy (non-hydrogen) atoms. The number of nitrogens with two attached hydrogens (primary N) is 1. The fourth-order valence-corrected chi connectivity index (χ4v) is 2.37. The second-order valence-electron chi connectivity index (χ2n) is 7.05. The summed E-state index contributed by atoms with van der Waals surface area (Å²) in [6.07, 6.45) is 4.94. The van der Waals surface area contributed by atoms with E-state index >= 15 is 0 Å². The summed E-state index contributed by atoms with van der Waals surface area (Å²) < 4.78 is 11.5. The van der Waals surface area contributed by atoms with Crippen molar-refractivity contribution in [3.05, 3.63) is 0 Å². The Kier molecular flexibility index (Phi) is 11.6. The Labute approximate surface area is 137 Å². The van der Waals surface area contributed by atoms with E-state index in [0.717, 1.165) is 19.3 Å². The zero-order chi connectivity index (χ0) is 17.1. The molecule has 0 bridgehead atoms. The van der Waals surface area contributed by atoms with Gasteiger partial charge < -0.3 is 15.2 Å². The minimum absolute atomic E-state index is 0.105. The number of carbonyl (C=O) groups excluding carboxylic acids is 1. The van der Waals surface area contributed by atoms with Crippen molar-refractivity contribution in [1.82, 2.24) is 0 Å². The average molecular weight is 315 g/mol. The lowest BCUT2D eigenvalue weighted by Gasteiger charge is -2.27. The number of carbonyl (C=O) groups is 1. The first kappa shape index (κ1) is 21.4. The molecule has 0 radical (unpaired) electrons. The lowest BCUT2D eigenvalue weighted by Crippen LogP contribution is -2.35. The first-order chi connectivity index (χ1) is 10.3. The maximum Gasteiger partial charge on any atom is 0.312 e. The normalized spacial score (nSPS) is 15.9. The molecule has 0 amide bonds. The van der Waals surface area contributed by atoms with Gasteiger partial charge in [0.05, 0.1) is 12.0 Å². The van der Waals surface area contributed by atoms with Crippen molar-refractivity contribution in [1.29, 1.82) is 0 Å². The van der Waals surface area contributed by atoms with Crippen LogP contribution in [0.2, 0.25) is 0 Å². The molecule has 4 nitrogen and oxygen atoms in total. The van der Waals surface area contributed by atoms with Gasteiger partial charge in [-0.2, -0.15) is 0 Å². The zero-order valence-electron chi connectivity index (χ0n) is 15.4. The van der Waals surface area contributed by atoms with Crippen LogP contribution in [0.3, 0.4) is 0 Å². The summed E-state index contributed by atoms with van der Waals surface area (Å²) in [4.78, 5) is 12.3. The first-order valence-corrected chi connectivity index (χ1v) is 8.87. The van der Waals surface area contributed by atoms with Crippen molar-refractivity contribution in [3.63, 3.8) is 0 Å². The van der Waals surface area contributed by atoms with Crippen LogP contribution in [0, 0.1) is 17.8 Å². The van der Waals surface area contributed by atoms with E-state index < -0.39 is 6.29 Å². The molecular weight excluding hydrogens is 278 g/mol. The lowest BCUT2D eigenvalue weighted by molar-refractivity contribution is -0.204. The Morgan fingerprint density at radius 3 is 2.18 bits per heavy atom. The van der Waals surface area contributed by atoms with Crippen LogP contribution in [-0.4, -0.2) is 24.9 Å². The highest BCUT2D eigenvalue weighted by Crippen LogP contribution is 2.19. The lowest BCUT2D eigenvalue weighted by atomic mass is 9.97. The van der Waals surface area contributed by atoms with E-state index in [-0.39, 0.29) is 23.9 Å². The van der Waals surface area contributed by atoms with Gasteiger partial charge >= 0.3 is 5.97 Å². The third kappa shape index (κ3) is 9.42. The second kappa shape index (κ2) is 11.9. The number of esters is 1. The Bertz CT molecular complexity index is 292. The van der Waals surface area contributed by atoms with Crippen LogP contribution >= 0.6 is 0 Å². The molecule has 3 atom stereocenters. The van der Waals surface area contributed by atoms with Gasteiger partial charge in [0.2, 0.25) is 6.29 Å². The van der Waals surface area contributed by atoms with E-state index in [0.29, 0.717) is 12.5 Å². The van der Waals surface area contributed by atoms with Crippen molar-refractivity contribution in [3.8, 4) is 0 Å². The van der Waals surface area contributed by atoms with Crippen LogP contribution in [0.25, 0.3) is 0 Å². The smallest absolute Gasteiger partial charge is 0.312 e. The van der Waals surface area contributed by atoms with Crippen LogP contribution < -0.4 is 5.73 Å². The molecule has 2 N–H and O–H groups in total. The highest BCUT2D eigenvalue weighted by atomic mass is 16.7. The summed E-state index contributed by atoms with van der Waals surface area (Å²) >= 11 is 0. The molecule has 0 aromatic heterocycles. The number of hydrogen-bond donors (Lipinski definition) is 1. The van der Waals surface area contributed by atoms with Gasteiger partial charge in [-0.3, -0.25) is 4.79 Å². The first-order valence-electron chi connectivity index (χ1n) is 8.87. The zero-order valence-corrected chi connectivity index (χ0v) is 15.4. The molecule has 0 rings (SSSR count). The molecular formula is C18H37NO3. The summed E-state index contributed by atoms with van der Waals surface area (Å²) in [5.74, 6) is 0.0958. The van der Waals surface area contributed by atoms with Gasteiger partial charge in [-0.1, -0.05) is 53.9 Å². The van der Waals surface area contributed by atoms with Crippen molar-refractivity contribution < 1.29 is 14.3 Å². The molecule has 0 saturated carbocycles. The number of unbranched alkanes of at least 4 members (excludes halogenated alkanes) is 2. The van der Waals surface area contributed by atoms with Crippen LogP contribution in [-0.2, 0) is 14.3 Å². The van der Waals surface area contributed by atoms with E-state index in [1.807, 2.05) is 20.8 Å². The summed E-state index contributed by atoms with van der Waals surface area (Å²) in [6.45, 7) is 12.8.